The van der Waals surface area contributed by atoms with Gasteiger partial charge < -0.3 is 14.6 Å². The highest BCUT2D eigenvalue weighted by Crippen LogP contribution is 2.59. The minimum Gasteiger partial charge on any atom is -0.488 e. The molecule has 1 aromatic carbocycles. The molecule has 0 amide bonds. The second-order valence-corrected chi connectivity index (χ2v) is 8.25. The van der Waals surface area contributed by atoms with E-state index in [1.54, 1.807) is 0 Å². The lowest BCUT2D eigenvalue weighted by atomic mass is 9.67. The number of fused-ring (bicyclic) bond motifs is 3. The zero-order valence-electron chi connectivity index (χ0n) is 16.2. The van der Waals surface area contributed by atoms with Crippen molar-refractivity contribution >= 4 is 35.1 Å². The van der Waals surface area contributed by atoms with Gasteiger partial charge in [-0.25, -0.2) is 9.59 Å². The number of carbonyl (C=O) groups excluding carboxylic acids is 1. The molecule has 0 saturated carbocycles. The quantitative estimate of drug-likeness (QED) is 0.257. The Morgan fingerprint density at radius 1 is 1.28 bits per heavy atom. The summed E-state index contributed by atoms with van der Waals surface area (Å²) in [5.41, 5.74) is 2.48. The number of carbonyl (C=O) groups is 2. The Labute approximate surface area is 180 Å². The van der Waals surface area contributed by atoms with E-state index in [2.05, 4.69) is 19.1 Å². The number of ether oxygens (including phenoxy) is 2. The zero-order valence-corrected chi connectivity index (χ0v) is 17.8. The molecule has 0 fully saturated rings. The summed E-state index contributed by atoms with van der Waals surface area (Å²) in [5, 5.41) is 9.40. The molecule has 0 aliphatic heterocycles. The van der Waals surface area contributed by atoms with E-state index in [-0.39, 0.29) is 24.5 Å². The second-order valence-electron chi connectivity index (χ2n) is 7.50. The zero-order chi connectivity index (χ0) is 21.0. The Balaban J connectivity index is 1.70. The van der Waals surface area contributed by atoms with Crippen molar-refractivity contribution in [1.29, 1.82) is 0 Å². The highest BCUT2D eigenvalue weighted by molar-refractivity contribution is 6.43. The third kappa shape index (κ3) is 4.62. The number of hydrogen-bond acceptors (Lipinski definition) is 4. The van der Waals surface area contributed by atoms with Crippen molar-refractivity contribution in [2.45, 2.75) is 44.9 Å². The fourth-order valence-electron chi connectivity index (χ4n) is 4.55. The van der Waals surface area contributed by atoms with Crippen LogP contribution in [0.2, 0.25) is 10.0 Å². The molecule has 0 radical (unpaired) electrons. The first kappa shape index (κ1) is 21.7. The molecule has 0 bridgehead atoms. The van der Waals surface area contributed by atoms with E-state index in [4.69, 9.17) is 37.8 Å². The van der Waals surface area contributed by atoms with E-state index in [0.717, 1.165) is 49.8 Å². The van der Waals surface area contributed by atoms with Gasteiger partial charge in [0.25, 0.3) is 0 Å². The number of carboxylic acid groups (broad SMARTS) is 1. The van der Waals surface area contributed by atoms with Crippen LogP contribution in [-0.2, 0) is 20.7 Å². The van der Waals surface area contributed by atoms with Crippen molar-refractivity contribution < 1.29 is 24.2 Å². The van der Waals surface area contributed by atoms with Crippen LogP contribution in [0.4, 0.5) is 0 Å². The molecular weight excluding hydrogens is 415 g/mol. The maximum absolute atomic E-state index is 11.4. The summed E-state index contributed by atoms with van der Waals surface area (Å²) < 4.78 is 10.6. The average molecular weight is 439 g/mol. The summed E-state index contributed by atoms with van der Waals surface area (Å²) >= 11 is 13.2. The number of aliphatic carboxylic acids is 1. The molecule has 1 unspecified atom stereocenters. The van der Waals surface area contributed by atoms with Crippen molar-refractivity contribution in [2.24, 2.45) is 5.41 Å². The molecule has 5 nitrogen and oxygen atoms in total. The molecule has 156 valence electrons. The summed E-state index contributed by atoms with van der Waals surface area (Å²) in [5.74, 6) is -1.20. The Morgan fingerprint density at radius 3 is 2.79 bits per heavy atom. The maximum atomic E-state index is 11.4. The summed E-state index contributed by atoms with van der Waals surface area (Å²) in [6.07, 6.45) is 11.5. The average Bonchev–Trinajstić information content (AvgIpc) is 3.01. The molecule has 0 saturated heterocycles. The van der Waals surface area contributed by atoms with Crippen molar-refractivity contribution in [3.05, 3.63) is 51.5 Å². The van der Waals surface area contributed by atoms with Crippen LogP contribution >= 0.6 is 23.2 Å². The highest BCUT2D eigenvalue weighted by atomic mass is 35.5. The maximum Gasteiger partial charge on any atom is 0.331 e. The van der Waals surface area contributed by atoms with E-state index in [9.17, 15) is 9.59 Å². The van der Waals surface area contributed by atoms with Gasteiger partial charge in [-0.05, 0) is 48.3 Å². The third-order valence-corrected chi connectivity index (χ3v) is 6.51. The first-order chi connectivity index (χ1) is 13.9. The first-order valence-corrected chi connectivity index (χ1v) is 10.5. The van der Waals surface area contributed by atoms with Crippen molar-refractivity contribution in [3.8, 4) is 5.75 Å². The summed E-state index contributed by atoms with van der Waals surface area (Å²) in [7, 11) is 0. The largest absolute Gasteiger partial charge is 0.488 e. The molecule has 3 rings (SSSR count). The third-order valence-electron chi connectivity index (χ3n) is 5.64. The predicted molar refractivity (Wildman–Crippen MR) is 112 cm³/mol. The minimum absolute atomic E-state index is 0.0288. The van der Waals surface area contributed by atoms with E-state index < -0.39 is 11.9 Å². The first-order valence-electron chi connectivity index (χ1n) is 9.76. The number of rotatable bonds is 8. The van der Waals surface area contributed by atoms with E-state index in [1.807, 2.05) is 6.07 Å². The van der Waals surface area contributed by atoms with E-state index in [0.29, 0.717) is 15.8 Å². The van der Waals surface area contributed by atoms with Crippen LogP contribution in [0.1, 0.15) is 49.7 Å². The van der Waals surface area contributed by atoms with Crippen LogP contribution in [0, 0.1) is 5.41 Å². The normalized spacial score (nSPS) is 22.4. The van der Waals surface area contributed by atoms with Gasteiger partial charge in [-0.1, -0.05) is 48.7 Å². The SMILES string of the molecule is CCC[C@]12CCC=CC1c1c(cc(OCCOC(=O)C=CC(=O)O)c(Cl)c1Cl)C2. The van der Waals surface area contributed by atoms with Crippen LogP contribution in [0.3, 0.4) is 0 Å². The van der Waals surface area contributed by atoms with Gasteiger partial charge in [-0.3, -0.25) is 0 Å². The van der Waals surface area contributed by atoms with Gasteiger partial charge in [0.1, 0.15) is 24.0 Å². The van der Waals surface area contributed by atoms with Gasteiger partial charge in [-0.2, -0.15) is 0 Å². The molecule has 0 aromatic heterocycles. The number of benzene rings is 1. The Kier molecular flexibility index (Phi) is 6.91. The van der Waals surface area contributed by atoms with Crippen molar-refractivity contribution in [1.82, 2.24) is 0 Å². The van der Waals surface area contributed by atoms with E-state index >= 15 is 0 Å². The summed E-state index contributed by atoms with van der Waals surface area (Å²) in [4.78, 5) is 21.8. The molecule has 0 spiro atoms. The molecule has 1 aromatic rings. The lowest BCUT2D eigenvalue weighted by Gasteiger charge is -2.37. The van der Waals surface area contributed by atoms with Crippen LogP contribution in [0.25, 0.3) is 0 Å². The van der Waals surface area contributed by atoms with Gasteiger partial charge >= 0.3 is 11.9 Å². The topological polar surface area (TPSA) is 72.8 Å². The minimum atomic E-state index is -1.21. The van der Waals surface area contributed by atoms with Crippen molar-refractivity contribution in [3.63, 3.8) is 0 Å². The van der Waals surface area contributed by atoms with Crippen LogP contribution in [-0.4, -0.2) is 30.3 Å². The van der Waals surface area contributed by atoms with Gasteiger partial charge in [0.05, 0.1) is 5.02 Å². The molecule has 2 atom stereocenters. The molecule has 2 aliphatic carbocycles. The molecule has 0 heterocycles. The Morgan fingerprint density at radius 2 is 2.07 bits per heavy atom. The van der Waals surface area contributed by atoms with Crippen LogP contribution < -0.4 is 4.74 Å². The van der Waals surface area contributed by atoms with Gasteiger partial charge in [-0.15, -0.1) is 0 Å². The van der Waals surface area contributed by atoms with Gasteiger partial charge in [0.15, 0.2) is 0 Å². The number of esters is 1. The van der Waals surface area contributed by atoms with Gasteiger partial charge in [0, 0.05) is 18.1 Å². The van der Waals surface area contributed by atoms with Gasteiger partial charge in [0.2, 0.25) is 0 Å². The smallest absolute Gasteiger partial charge is 0.331 e. The summed E-state index contributed by atoms with van der Waals surface area (Å²) in [6.45, 7) is 2.27. The fourth-order valence-corrected chi connectivity index (χ4v) is 5.09. The molecular formula is C22H24Cl2O5. The van der Waals surface area contributed by atoms with Crippen LogP contribution in [0.5, 0.6) is 5.75 Å². The Hall–Kier alpha value is -1.98. The summed E-state index contributed by atoms with van der Waals surface area (Å²) in [6, 6.07) is 1.96. The predicted octanol–water partition coefficient (Wildman–Crippen LogP) is 5.33. The number of halogens is 2. The second kappa shape index (κ2) is 9.23. The van der Waals surface area contributed by atoms with E-state index in [1.165, 1.54) is 5.56 Å². The molecule has 2 aliphatic rings. The standard InChI is InChI=1S/C22H24Cl2O5/c1-2-8-22-9-4-3-5-15(22)19-14(13-22)12-16(20(23)21(19)24)28-10-11-29-18(27)7-6-17(25)26/h3,5-7,12,15H,2,4,8-11,13H2,1H3,(H,25,26)/t15?,22-/m1/s1. The molecule has 7 heteroatoms. The van der Waals surface area contributed by atoms with Crippen LogP contribution in [0.15, 0.2) is 30.4 Å². The lowest BCUT2D eigenvalue weighted by Crippen LogP contribution is -2.27. The molecule has 1 N–H and O–H groups in total. The van der Waals surface area contributed by atoms with Crippen molar-refractivity contribution in [2.75, 3.05) is 13.2 Å². The Bertz CT molecular complexity index is 861. The number of hydrogen-bond donors (Lipinski definition) is 1. The number of allylic oxidation sites excluding steroid dienone is 2. The lowest BCUT2D eigenvalue weighted by molar-refractivity contribution is -0.139. The molecule has 29 heavy (non-hydrogen) atoms. The number of carboxylic acids is 1. The fraction of sp³-hybridized carbons (Fsp3) is 0.455. The monoisotopic (exact) mass is 438 g/mol. The highest BCUT2D eigenvalue weighted by Gasteiger charge is 2.46.